The van der Waals surface area contributed by atoms with Gasteiger partial charge in [0.25, 0.3) is 0 Å². The Balaban J connectivity index is 1.41. The number of aromatic nitrogens is 1. The molecular formula is C17H21N3O2. The van der Waals surface area contributed by atoms with Crippen LogP contribution >= 0.6 is 0 Å². The molecule has 4 rings (SSSR count). The average molecular weight is 299 g/mol. The molecule has 2 bridgehead atoms. The summed E-state index contributed by atoms with van der Waals surface area (Å²) in [4.78, 5) is 15.6. The summed E-state index contributed by atoms with van der Waals surface area (Å²) < 4.78 is 5.77. The van der Waals surface area contributed by atoms with Gasteiger partial charge < -0.3 is 20.8 Å². The zero-order valence-electron chi connectivity index (χ0n) is 12.4. The van der Waals surface area contributed by atoms with E-state index in [0.29, 0.717) is 12.5 Å². The standard InChI is InChI=1S/C17H21N3O2/c18-13(7-10-9-19-14-4-2-1-3-12(10)14)17(21)20-15-8-11-5-6-16(15)22-11/h1-4,9,11,13,15-16,19H,5-8,18H2,(H,20,21)/t11?,13-,15?,16?/m0/s1. The molecule has 1 aromatic carbocycles. The van der Waals surface area contributed by atoms with Crippen molar-refractivity contribution in [1.82, 2.24) is 10.3 Å². The predicted octanol–water partition coefficient (Wildman–Crippen LogP) is 1.47. The fourth-order valence-electron chi connectivity index (χ4n) is 3.71. The molecule has 2 saturated heterocycles. The highest BCUT2D eigenvalue weighted by molar-refractivity contribution is 5.86. The second-order valence-corrected chi connectivity index (χ2v) is 6.39. The molecule has 22 heavy (non-hydrogen) atoms. The highest BCUT2D eigenvalue weighted by Gasteiger charge is 2.41. The third kappa shape index (κ3) is 2.40. The summed E-state index contributed by atoms with van der Waals surface area (Å²) in [6, 6.07) is 7.67. The van der Waals surface area contributed by atoms with Gasteiger partial charge in [-0.05, 0) is 37.3 Å². The first-order chi connectivity index (χ1) is 10.7. The van der Waals surface area contributed by atoms with Gasteiger partial charge in [-0.15, -0.1) is 0 Å². The van der Waals surface area contributed by atoms with Crippen LogP contribution in [-0.2, 0) is 16.0 Å². The lowest BCUT2D eigenvalue weighted by Crippen LogP contribution is -2.49. The van der Waals surface area contributed by atoms with Crippen LogP contribution in [-0.4, -0.2) is 35.2 Å². The lowest BCUT2D eigenvalue weighted by atomic mass is 9.95. The second-order valence-electron chi connectivity index (χ2n) is 6.39. The number of carbonyl (C=O) groups excluding carboxylic acids is 1. The van der Waals surface area contributed by atoms with E-state index >= 15 is 0 Å². The molecule has 0 aliphatic carbocycles. The zero-order valence-corrected chi connectivity index (χ0v) is 12.4. The quantitative estimate of drug-likeness (QED) is 0.800. The van der Waals surface area contributed by atoms with Crippen LogP contribution in [0, 0.1) is 0 Å². The normalized spacial score (nSPS) is 28.1. The zero-order chi connectivity index (χ0) is 15.1. The average Bonchev–Trinajstić information content (AvgIpc) is 3.23. The Labute approximate surface area is 129 Å². The number of H-pyrrole nitrogens is 1. The summed E-state index contributed by atoms with van der Waals surface area (Å²) >= 11 is 0. The first-order valence-corrected chi connectivity index (χ1v) is 7.97. The summed E-state index contributed by atoms with van der Waals surface area (Å²) in [5.41, 5.74) is 8.27. The van der Waals surface area contributed by atoms with Gasteiger partial charge in [-0.25, -0.2) is 0 Å². The molecule has 2 aromatic rings. The monoisotopic (exact) mass is 299 g/mol. The number of benzene rings is 1. The molecule has 116 valence electrons. The molecule has 2 fully saturated rings. The van der Waals surface area contributed by atoms with Gasteiger partial charge in [0.1, 0.15) is 0 Å². The first-order valence-electron chi connectivity index (χ1n) is 7.97. The van der Waals surface area contributed by atoms with Crippen molar-refractivity contribution in [2.24, 2.45) is 5.73 Å². The Bertz CT molecular complexity index is 696. The molecule has 1 amide bonds. The van der Waals surface area contributed by atoms with Crippen molar-refractivity contribution < 1.29 is 9.53 Å². The number of hydrogen-bond donors (Lipinski definition) is 3. The minimum atomic E-state index is -0.529. The molecule has 4 atom stereocenters. The summed E-state index contributed by atoms with van der Waals surface area (Å²) in [7, 11) is 0. The number of nitrogens with two attached hydrogens (primary N) is 1. The first kappa shape index (κ1) is 13.8. The molecule has 3 unspecified atom stereocenters. The number of aromatic amines is 1. The smallest absolute Gasteiger partial charge is 0.237 e. The van der Waals surface area contributed by atoms with E-state index < -0.39 is 6.04 Å². The van der Waals surface area contributed by atoms with Crippen LogP contribution in [0.2, 0.25) is 0 Å². The molecule has 5 nitrogen and oxygen atoms in total. The Morgan fingerprint density at radius 2 is 2.27 bits per heavy atom. The fourth-order valence-corrected chi connectivity index (χ4v) is 3.71. The number of rotatable bonds is 4. The Kier molecular flexibility index (Phi) is 3.39. The van der Waals surface area contributed by atoms with Gasteiger partial charge in [-0.3, -0.25) is 4.79 Å². The van der Waals surface area contributed by atoms with Crippen molar-refractivity contribution in [2.75, 3.05) is 0 Å². The van der Waals surface area contributed by atoms with E-state index in [-0.39, 0.29) is 18.1 Å². The van der Waals surface area contributed by atoms with Crippen LogP contribution in [0.25, 0.3) is 10.9 Å². The Morgan fingerprint density at radius 3 is 3.05 bits per heavy atom. The highest BCUT2D eigenvalue weighted by Crippen LogP contribution is 2.34. The van der Waals surface area contributed by atoms with E-state index in [0.717, 1.165) is 35.7 Å². The molecule has 1 aromatic heterocycles. The molecule has 2 aliphatic heterocycles. The largest absolute Gasteiger partial charge is 0.373 e. The molecular weight excluding hydrogens is 278 g/mol. The summed E-state index contributed by atoms with van der Waals surface area (Å²) in [5.74, 6) is -0.0774. The molecule has 0 spiro atoms. The van der Waals surface area contributed by atoms with Crippen molar-refractivity contribution in [1.29, 1.82) is 0 Å². The third-order valence-electron chi connectivity index (χ3n) is 4.89. The van der Waals surface area contributed by atoms with E-state index in [1.165, 1.54) is 0 Å². The number of hydrogen-bond acceptors (Lipinski definition) is 3. The van der Waals surface area contributed by atoms with Crippen LogP contribution in [0.5, 0.6) is 0 Å². The summed E-state index contributed by atoms with van der Waals surface area (Å²) in [6.07, 6.45) is 6.10. The molecule has 5 heteroatoms. The van der Waals surface area contributed by atoms with Gasteiger partial charge >= 0.3 is 0 Å². The van der Waals surface area contributed by atoms with Crippen LogP contribution in [0.15, 0.2) is 30.5 Å². The van der Waals surface area contributed by atoms with Gasteiger partial charge in [-0.1, -0.05) is 18.2 Å². The van der Waals surface area contributed by atoms with Crippen LogP contribution < -0.4 is 11.1 Å². The van der Waals surface area contributed by atoms with Crippen LogP contribution in [0.3, 0.4) is 0 Å². The van der Waals surface area contributed by atoms with E-state index in [1.54, 1.807) is 0 Å². The predicted molar refractivity (Wildman–Crippen MR) is 84.4 cm³/mol. The van der Waals surface area contributed by atoms with E-state index in [9.17, 15) is 4.79 Å². The minimum absolute atomic E-state index is 0.0774. The third-order valence-corrected chi connectivity index (χ3v) is 4.89. The van der Waals surface area contributed by atoms with E-state index in [2.05, 4.69) is 16.4 Å². The number of carbonyl (C=O) groups is 1. The summed E-state index contributed by atoms with van der Waals surface area (Å²) in [5, 5.41) is 4.20. The molecule has 0 radical (unpaired) electrons. The summed E-state index contributed by atoms with van der Waals surface area (Å²) in [6.45, 7) is 0. The lowest BCUT2D eigenvalue weighted by molar-refractivity contribution is -0.123. The Hall–Kier alpha value is -1.85. The molecule has 2 aliphatic rings. The number of ether oxygens (including phenoxy) is 1. The topological polar surface area (TPSA) is 80.1 Å². The SMILES string of the molecule is N[C@@H](Cc1c[nH]c2ccccc12)C(=O)NC1CC2CCC1O2. The molecule has 0 saturated carbocycles. The van der Waals surface area contributed by atoms with Crippen molar-refractivity contribution in [3.05, 3.63) is 36.0 Å². The number of para-hydroxylation sites is 1. The van der Waals surface area contributed by atoms with Gasteiger partial charge in [0.05, 0.1) is 24.3 Å². The van der Waals surface area contributed by atoms with Gasteiger partial charge in [0, 0.05) is 17.1 Å². The second kappa shape index (κ2) is 5.41. The number of fused-ring (bicyclic) bond motifs is 3. The molecule has 3 heterocycles. The van der Waals surface area contributed by atoms with Crippen molar-refractivity contribution in [2.45, 2.75) is 50.0 Å². The van der Waals surface area contributed by atoms with Gasteiger partial charge in [0.2, 0.25) is 5.91 Å². The van der Waals surface area contributed by atoms with Gasteiger partial charge in [0.15, 0.2) is 0 Å². The molecule has 4 N–H and O–H groups in total. The number of nitrogens with one attached hydrogen (secondary N) is 2. The lowest BCUT2D eigenvalue weighted by Gasteiger charge is -2.22. The van der Waals surface area contributed by atoms with E-state index in [1.807, 2.05) is 24.4 Å². The van der Waals surface area contributed by atoms with Crippen LogP contribution in [0.1, 0.15) is 24.8 Å². The van der Waals surface area contributed by atoms with Crippen molar-refractivity contribution >= 4 is 16.8 Å². The fraction of sp³-hybridized carbons (Fsp3) is 0.471. The number of amides is 1. The van der Waals surface area contributed by atoms with Crippen molar-refractivity contribution in [3.8, 4) is 0 Å². The Morgan fingerprint density at radius 1 is 1.41 bits per heavy atom. The maximum Gasteiger partial charge on any atom is 0.237 e. The maximum atomic E-state index is 12.3. The maximum absolute atomic E-state index is 12.3. The van der Waals surface area contributed by atoms with Gasteiger partial charge in [-0.2, -0.15) is 0 Å². The highest BCUT2D eigenvalue weighted by atomic mass is 16.5. The van der Waals surface area contributed by atoms with Crippen molar-refractivity contribution in [3.63, 3.8) is 0 Å². The van der Waals surface area contributed by atoms with Crippen LogP contribution in [0.4, 0.5) is 0 Å². The van der Waals surface area contributed by atoms with E-state index in [4.69, 9.17) is 10.5 Å². The minimum Gasteiger partial charge on any atom is -0.373 e.